The molecule has 12 atom stereocenters. The standard InChI is InChI=1S/C68H89N15O21/c1-35(2)56(65(100)80-50(33-84)62(97)79-49(68(103)104)29-39-15-19-42(86)20-16-39)81-59(94)44(22-24-54(88)89)74-57(92)36(3)73-63(98)51-11-7-26-83(51)67(102)48(30-40-32-71-34-72-40)78-61(96)47(31-55(90)91)76-60(95)46(28-38-13-17-41(85)18-14-38)77-64(99)52-12-8-25-82(52)66(101)45(21-23-53(70)87)75-58(93)43(69)27-37-9-5-4-6-10-37/h4-6,9-10,13-20,32,34-36,43-52,56,84-86H,7-8,11-12,21-31,33,69H2,1-3H3,(H2,70,87)(H,71,72)(H,73,98)(H,74,92)(H,75,93)(H,76,95)(H,77,99)(H,78,96)(H,79,97)(H,80,100)(H,81,94)(H,88,89)(H,90,91)(H,103,104)/t36-,43-,44-,45-,46-,47-,48-,49-,50-,51-,52-,56-/m0/s1. The van der Waals surface area contributed by atoms with Crippen molar-refractivity contribution in [2.75, 3.05) is 19.7 Å². The molecule has 3 aromatic carbocycles. The normalized spacial score (nSPS) is 16.9. The molecular weight excluding hydrogens is 1360 g/mol. The van der Waals surface area contributed by atoms with Crippen molar-refractivity contribution >= 4 is 88.8 Å². The van der Waals surface area contributed by atoms with E-state index in [1.54, 1.807) is 30.3 Å². The van der Waals surface area contributed by atoms with Crippen LogP contribution in [0.15, 0.2) is 91.4 Å². The fourth-order valence-electron chi connectivity index (χ4n) is 11.7. The summed E-state index contributed by atoms with van der Waals surface area (Å²) in [6.45, 7) is 3.01. The average molecular weight is 1450 g/mol. The van der Waals surface area contributed by atoms with E-state index < -0.39 is 193 Å². The van der Waals surface area contributed by atoms with Crippen LogP contribution in [0.3, 0.4) is 0 Å². The zero-order valence-electron chi connectivity index (χ0n) is 57.3. The van der Waals surface area contributed by atoms with Gasteiger partial charge in [-0.1, -0.05) is 68.4 Å². The number of aromatic amines is 1. The molecule has 2 aliphatic rings. The van der Waals surface area contributed by atoms with E-state index in [4.69, 9.17) is 11.5 Å². The number of H-pyrrole nitrogens is 1. The number of amides is 12. The quantitative estimate of drug-likeness (QED) is 0.0203. The molecule has 104 heavy (non-hydrogen) atoms. The summed E-state index contributed by atoms with van der Waals surface area (Å²) >= 11 is 0. The molecule has 2 fully saturated rings. The lowest BCUT2D eigenvalue weighted by Crippen LogP contribution is -2.61. The number of nitrogens with zero attached hydrogens (tertiary/aromatic N) is 3. The third-order valence-corrected chi connectivity index (χ3v) is 17.3. The molecule has 0 bridgehead atoms. The zero-order chi connectivity index (χ0) is 76.5. The number of primary amides is 1. The number of likely N-dealkylation sites (tertiary alicyclic amines) is 2. The molecule has 2 aliphatic heterocycles. The van der Waals surface area contributed by atoms with Crippen LogP contribution < -0.4 is 59.3 Å². The highest BCUT2D eigenvalue weighted by Crippen LogP contribution is 2.23. The number of imidazole rings is 1. The Balaban J connectivity index is 1.14. The monoisotopic (exact) mass is 1450 g/mol. The summed E-state index contributed by atoms with van der Waals surface area (Å²) < 4.78 is 0. The van der Waals surface area contributed by atoms with Crippen LogP contribution in [-0.2, 0) is 97.6 Å². The largest absolute Gasteiger partial charge is 0.508 e. The van der Waals surface area contributed by atoms with Crippen molar-refractivity contribution in [2.45, 2.75) is 177 Å². The minimum Gasteiger partial charge on any atom is -0.508 e. The number of aliphatic hydroxyl groups is 1. The summed E-state index contributed by atoms with van der Waals surface area (Å²) in [6, 6.07) is 1.18. The van der Waals surface area contributed by atoms with Gasteiger partial charge in [-0.2, -0.15) is 0 Å². The van der Waals surface area contributed by atoms with Gasteiger partial charge in [0.15, 0.2) is 0 Å². The Morgan fingerprint density at radius 2 is 0.990 bits per heavy atom. The lowest BCUT2D eigenvalue weighted by atomic mass is 10.0. The van der Waals surface area contributed by atoms with Crippen molar-refractivity contribution in [3.8, 4) is 11.5 Å². The zero-order valence-corrected chi connectivity index (χ0v) is 57.3. The predicted molar refractivity (Wildman–Crippen MR) is 364 cm³/mol. The second kappa shape index (κ2) is 39.0. The van der Waals surface area contributed by atoms with Crippen molar-refractivity contribution in [3.05, 3.63) is 114 Å². The Kier molecular flexibility index (Phi) is 30.5. The van der Waals surface area contributed by atoms with E-state index in [0.717, 1.165) is 10.5 Å². The molecule has 0 spiro atoms. The molecular formula is C68H89N15O21. The fraction of sp³-hybridized carbons (Fsp3) is 0.471. The average Bonchev–Trinajstić information content (AvgIpc) is 1.71. The summed E-state index contributed by atoms with van der Waals surface area (Å²) in [6.07, 6.45) is -0.777. The van der Waals surface area contributed by atoms with Crippen LogP contribution >= 0.6 is 0 Å². The van der Waals surface area contributed by atoms with Gasteiger partial charge in [0.1, 0.15) is 78.0 Å². The van der Waals surface area contributed by atoms with Crippen LogP contribution in [0.25, 0.3) is 0 Å². The van der Waals surface area contributed by atoms with Crippen LogP contribution in [0.1, 0.15) is 101 Å². The van der Waals surface area contributed by atoms with Gasteiger partial charge in [0.05, 0.1) is 25.4 Å². The molecule has 6 rings (SSSR count). The van der Waals surface area contributed by atoms with Crippen molar-refractivity contribution in [1.29, 1.82) is 0 Å². The maximum Gasteiger partial charge on any atom is 0.326 e. The van der Waals surface area contributed by atoms with Gasteiger partial charge < -0.3 is 105 Å². The number of aliphatic carboxylic acids is 3. The number of aromatic hydroxyl groups is 2. The Morgan fingerprint density at radius 1 is 0.510 bits per heavy atom. The Morgan fingerprint density at radius 3 is 1.52 bits per heavy atom. The van der Waals surface area contributed by atoms with Gasteiger partial charge in [-0.15, -0.1) is 0 Å². The molecule has 0 radical (unpaired) electrons. The number of phenols is 2. The number of nitrogens with two attached hydrogens (primary N) is 2. The number of nitrogens with one attached hydrogen (secondary N) is 10. The molecule has 36 nitrogen and oxygen atoms in total. The fourth-order valence-corrected chi connectivity index (χ4v) is 11.7. The maximum absolute atomic E-state index is 14.8. The highest BCUT2D eigenvalue weighted by Gasteiger charge is 2.43. The lowest BCUT2D eigenvalue weighted by molar-refractivity contribution is -0.144. The molecule has 20 N–H and O–H groups in total. The summed E-state index contributed by atoms with van der Waals surface area (Å²) in [5.41, 5.74) is 13.4. The molecule has 3 heterocycles. The Bertz CT molecular complexity index is 3710. The Labute approximate surface area is 596 Å². The molecule has 0 aliphatic carbocycles. The number of carbonyl (C=O) groups is 15. The van der Waals surface area contributed by atoms with Crippen molar-refractivity contribution in [2.24, 2.45) is 17.4 Å². The minimum absolute atomic E-state index is 0.00731. The van der Waals surface area contributed by atoms with Gasteiger partial charge in [-0.25, -0.2) is 9.78 Å². The highest BCUT2D eigenvalue weighted by molar-refractivity contribution is 6.00. The summed E-state index contributed by atoms with van der Waals surface area (Å²) in [5, 5.41) is 81.2. The first-order valence-corrected chi connectivity index (χ1v) is 33.5. The number of phenolic OH excluding ortho intramolecular Hbond substituents is 2. The first kappa shape index (κ1) is 81.4. The van der Waals surface area contributed by atoms with E-state index in [1.165, 1.54) is 86.7 Å². The predicted octanol–water partition coefficient (Wildman–Crippen LogP) is -3.88. The number of carboxylic acid groups (broad SMARTS) is 3. The van der Waals surface area contributed by atoms with Gasteiger partial charge in [0.2, 0.25) is 70.9 Å². The van der Waals surface area contributed by atoms with E-state index in [0.29, 0.717) is 11.1 Å². The van der Waals surface area contributed by atoms with Gasteiger partial charge in [0, 0.05) is 57.1 Å². The van der Waals surface area contributed by atoms with E-state index in [1.807, 2.05) is 0 Å². The van der Waals surface area contributed by atoms with E-state index in [2.05, 4.69) is 57.8 Å². The second-order valence-electron chi connectivity index (χ2n) is 25.6. The SMILES string of the molecule is CC(C)[C@H](NC(=O)[C@H](CCC(=O)O)NC(=O)[C@H](C)NC(=O)[C@@H]1CCCN1C(=O)[C@H](Cc1cnc[nH]1)NC(=O)[C@H](CC(=O)O)NC(=O)[C@H](Cc1ccc(O)cc1)NC(=O)[C@@H]1CCCN1C(=O)[C@H](CCC(N)=O)NC(=O)[C@@H](N)Cc1ccccc1)C(=O)N[C@@H](CO)C(=O)N[C@@H](Cc1ccc(O)cc1)C(=O)O. The van der Waals surface area contributed by atoms with E-state index >= 15 is 0 Å². The van der Waals surface area contributed by atoms with Crippen LogP contribution in [-0.4, -0.2) is 231 Å². The summed E-state index contributed by atoms with van der Waals surface area (Å²) in [4.78, 5) is 212. The molecule has 4 aromatic rings. The third-order valence-electron chi connectivity index (χ3n) is 17.3. The van der Waals surface area contributed by atoms with Crippen LogP contribution in [0.5, 0.6) is 11.5 Å². The van der Waals surface area contributed by atoms with Crippen molar-refractivity contribution in [1.82, 2.24) is 67.6 Å². The molecule has 562 valence electrons. The van der Waals surface area contributed by atoms with Gasteiger partial charge in [0.25, 0.3) is 0 Å². The number of hydrogen-bond acceptors (Lipinski definition) is 20. The van der Waals surface area contributed by atoms with Crippen LogP contribution in [0, 0.1) is 5.92 Å². The number of carbonyl (C=O) groups excluding carboxylic acids is 12. The summed E-state index contributed by atoms with van der Waals surface area (Å²) in [5.74, 6) is -17.2. The molecule has 12 amide bonds. The first-order chi connectivity index (χ1) is 49.3. The van der Waals surface area contributed by atoms with Crippen LogP contribution in [0.2, 0.25) is 0 Å². The van der Waals surface area contributed by atoms with Gasteiger partial charge in [-0.05, 0) is 98.7 Å². The first-order valence-electron chi connectivity index (χ1n) is 33.5. The van der Waals surface area contributed by atoms with E-state index in [9.17, 15) is 103 Å². The topological polar surface area (TPSA) is 573 Å². The minimum atomic E-state index is -1.99. The smallest absolute Gasteiger partial charge is 0.326 e. The van der Waals surface area contributed by atoms with Crippen molar-refractivity contribution in [3.63, 3.8) is 0 Å². The number of hydrogen-bond donors (Lipinski definition) is 18. The number of aromatic nitrogens is 2. The number of aliphatic hydroxyl groups excluding tert-OH is 1. The lowest BCUT2D eigenvalue weighted by Gasteiger charge is -2.31. The Hall–Kier alpha value is -11.6. The molecule has 0 unspecified atom stereocenters. The maximum atomic E-state index is 14.8. The number of carboxylic acids is 3. The van der Waals surface area contributed by atoms with Gasteiger partial charge in [-0.3, -0.25) is 67.1 Å². The van der Waals surface area contributed by atoms with Gasteiger partial charge >= 0.3 is 17.9 Å². The molecule has 36 heteroatoms. The third kappa shape index (κ3) is 24.6. The van der Waals surface area contributed by atoms with Crippen LogP contribution in [0.4, 0.5) is 0 Å². The number of benzene rings is 3. The number of rotatable bonds is 39. The molecule has 0 saturated carbocycles. The summed E-state index contributed by atoms with van der Waals surface area (Å²) in [7, 11) is 0. The molecule has 2 saturated heterocycles. The van der Waals surface area contributed by atoms with E-state index in [-0.39, 0.29) is 94.5 Å². The van der Waals surface area contributed by atoms with Crippen molar-refractivity contribution < 1.29 is 103 Å². The highest BCUT2D eigenvalue weighted by atomic mass is 16.4. The second-order valence-corrected chi connectivity index (χ2v) is 25.6. The molecule has 1 aromatic heterocycles.